The van der Waals surface area contributed by atoms with Gasteiger partial charge in [0.25, 0.3) is 0 Å². The molecule has 20 heavy (non-hydrogen) atoms. The number of rotatable bonds is 3. The highest BCUT2D eigenvalue weighted by molar-refractivity contribution is 7.94. The van der Waals surface area contributed by atoms with E-state index in [1.54, 1.807) is 0 Å². The lowest BCUT2D eigenvalue weighted by Crippen LogP contribution is -1.87. The summed E-state index contributed by atoms with van der Waals surface area (Å²) in [5.41, 5.74) is 4.14. The topological polar surface area (TPSA) is 0 Å². The minimum Gasteiger partial charge on any atom is -0.160 e. The summed E-state index contributed by atoms with van der Waals surface area (Å²) in [6, 6.07) is 25.8. The molecule has 0 aliphatic carbocycles. The van der Waals surface area contributed by atoms with E-state index in [9.17, 15) is 3.89 Å². The fourth-order valence-corrected chi connectivity index (χ4v) is 2.79. The Morgan fingerprint density at radius 3 is 1.80 bits per heavy atom. The van der Waals surface area contributed by atoms with Crippen LogP contribution in [0, 0.1) is 0 Å². The Labute approximate surface area is 122 Å². The van der Waals surface area contributed by atoms with Gasteiger partial charge in [0.05, 0.1) is 12.1 Å². The molecule has 0 unspecified atom stereocenters. The highest BCUT2D eigenvalue weighted by Crippen LogP contribution is 2.39. The molecule has 3 aromatic carbocycles. The van der Waals surface area contributed by atoms with Gasteiger partial charge < -0.3 is 0 Å². The highest BCUT2D eigenvalue weighted by atomic mass is 32.2. The first kappa shape index (κ1) is 12.9. The maximum Gasteiger partial charge on any atom is 0.0818 e. The van der Waals surface area contributed by atoms with Crippen LogP contribution in [-0.4, -0.2) is 0 Å². The van der Waals surface area contributed by atoms with Gasteiger partial charge in [-0.05, 0) is 22.8 Å². The van der Waals surface area contributed by atoms with Crippen LogP contribution in [0.4, 0.5) is 3.89 Å². The first-order valence-electron chi connectivity index (χ1n) is 6.42. The van der Waals surface area contributed by atoms with Crippen molar-refractivity contribution in [2.45, 2.75) is 4.90 Å². The molecule has 0 amide bonds. The maximum absolute atomic E-state index is 13.3. The van der Waals surface area contributed by atoms with Gasteiger partial charge >= 0.3 is 0 Å². The second kappa shape index (κ2) is 5.93. The Balaban J connectivity index is 2.26. The summed E-state index contributed by atoms with van der Waals surface area (Å²) in [6.45, 7) is 0. The summed E-state index contributed by atoms with van der Waals surface area (Å²) >= 11 is 0.299. The van der Waals surface area contributed by atoms with Crippen molar-refractivity contribution in [1.29, 1.82) is 0 Å². The van der Waals surface area contributed by atoms with Gasteiger partial charge in [-0.2, -0.15) is 3.89 Å². The molecule has 0 bridgehead atoms. The van der Waals surface area contributed by atoms with Gasteiger partial charge in [-0.3, -0.25) is 0 Å². The zero-order chi connectivity index (χ0) is 13.8. The molecule has 0 atom stereocenters. The second-order valence-corrected chi connectivity index (χ2v) is 5.08. The largest absolute Gasteiger partial charge is 0.160 e. The zero-order valence-corrected chi connectivity index (χ0v) is 11.6. The molecule has 3 rings (SSSR count). The predicted octanol–water partition coefficient (Wildman–Crippen LogP) is 6.00. The molecule has 0 heterocycles. The number of hydrogen-bond acceptors (Lipinski definition) is 1. The van der Waals surface area contributed by atoms with Crippen molar-refractivity contribution < 1.29 is 3.89 Å². The van der Waals surface area contributed by atoms with Crippen LogP contribution in [0.25, 0.3) is 22.3 Å². The van der Waals surface area contributed by atoms with E-state index in [4.69, 9.17) is 0 Å². The summed E-state index contributed by atoms with van der Waals surface area (Å²) < 4.78 is 13.3. The Morgan fingerprint density at radius 2 is 1.20 bits per heavy atom. The lowest BCUT2D eigenvalue weighted by Gasteiger charge is -2.13. The third-order valence-electron chi connectivity index (χ3n) is 3.26. The smallest absolute Gasteiger partial charge is 0.0818 e. The average molecular weight is 280 g/mol. The van der Waals surface area contributed by atoms with Crippen LogP contribution in [0.5, 0.6) is 0 Å². The monoisotopic (exact) mass is 280 g/mol. The van der Waals surface area contributed by atoms with E-state index in [1.165, 1.54) is 0 Å². The molecule has 0 N–H and O–H groups in total. The van der Waals surface area contributed by atoms with Gasteiger partial charge in [-0.15, -0.1) is 0 Å². The fraction of sp³-hybridized carbons (Fsp3) is 0. The summed E-state index contributed by atoms with van der Waals surface area (Å²) in [6.07, 6.45) is 0. The van der Waals surface area contributed by atoms with Gasteiger partial charge in [0, 0.05) is 10.5 Å². The average Bonchev–Trinajstić information content (AvgIpc) is 2.55. The zero-order valence-electron chi connectivity index (χ0n) is 10.8. The van der Waals surface area contributed by atoms with Gasteiger partial charge in [-0.1, -0.05) is 72.8 Å². The van der Waals surface area contributed by atoms with Crippen molar-refractivity contribution in [2.75, 3.05) is 0 Å². The van der Waals surface area contributed by atoms with Crippen LogP contribution >= 0.6 is 12.1 Å². The van der Waals surface area contributed by atoms with Crippen molar-refractivity contribution in [3.63, 3.8) is 0 Å². The molecule has 0 saturated heterocycles. The molecule has 0 nitrogen and oxygen atoms in total. The van der Waals surface area contributed by atoms with Crippen LogP contribution in [0.2, 0.25) is 0 Å². The van der Waals surface area contributed by atoms with E-state index in [2.05, 4.69) is 12.1 Å². The molecular weight excluding hydrogens is 267 g/mol. The minimum absolute atomic E-state index is 0.299. The van der Waals surface area contributed by atoms with E-state index in [1.807, 2.05) is 66.7 Å². The van der Waals surface area contributed by atoms with Crippen molar-refractivity contribution in [1.82, 2.24) is 0 Å². The molecule has 3 aromatic rings. The van der Waals surface area contributed by atoms with Gasteiger partial charge in [0.1, 0.15) is 0 Å². The SMILES string of the molecule is FSc1cccc(-c2ccccc2)c1-c1ccccc1. The molecule has 0 fully saturated rings. The van der Waals surface area contributed by atoms with E-state index in [-0.39, 0.29) is 0 Å². The normalized spacial score (nSPS) is 10.4. The van der Waals surface area contributed by atoms with E-state index >= 15 is 0 Å². The molecule has 98 valence electrons. The fourth-order valence-electron chi connectivity index (χ4n) is 2.36. The minimum atomic E-state index is 0.299. The van der Waals surface area contributed by atoms with Crippen LogP contribution in [0.1, 0.15) is 0 Å². The van der Waals surface area contributed by atoms with Crippen molar-refractivity contribution in [2.24, 2.45) is 0 Å². The molecule has 0 aliphatic rings. The summed E-state index contributed by atoms with van der Waals surface area (Å²) in [5, 5.41) is 0. The molecule has 0 saturated carbocycles. The Morgan fingerprint density at radius 1 is 0.600 bits per heavy atom. The quantitative estimate of drug-likeness (QED) is 0.567. The summed E-state index contributed by atoms with van der Waals surface area (Å²) in [7, 11) is 0. The van der Waals surface area contributed by atoms with Crippen molar-refractivity contribution in [3.8, 4) is 22.3 Å². The van der Waals surface area contributed by atoms with Crippen LogP contribution in [0.3, 0.4) is 0 Å². The first-order valence-corrected chi connectivity index (χ1v) is 7.14. The molecule has 0 radical (unpaired) electrons. The van der Waals surface area contributed by atoms with Crippen LogP contribution in [-0.2, 0) is 0 Å². The molecule has 0 aliphatic heterocycles. The third kappa shape index (κ3) is 2.47. The standard InChI is InChI=1S/C18H13FS/c19-20-17-13-7-12-16(14-8-3-1-4-9-14)18(17)15-10-5-2-6-11-15/h1-13H. The Hall–Kier alpha value is -2.06. The molecule has 2 heteroatoms. The highest BCUT2D eigenvalue weighted by Gasteiger charge is 2.12. The third-order valence-corrected chi connectivity index (χ3v) is 3.76. The van der Waals surface area contributed by atoms with E-state index < -0.39 is 0 Å². The van der Waals surface area contributed by atoms with Gasteiger partial charge in [-0.25, -0.2) is 0 Å². The lowest BCUT2D eigenvalue weighted by molar-refractivity contribution is 0.935. The number of hydrogen-bond donors (Lipinski definition) is 0. The van der Waals surface area contributed by atoms with Crippen LogP contribution in [0.15, 0.2) is 83.8 Å². The molecule has 0 spiro atoms. The first-order chi connectivity index (χ1) is 9.90. The van der Waals surface area contributed by atoms with E-state index in [0.29, 0.717) is 17.0 Å². The summed E-state index contributed by atoms with van der Waals surface area (Å²) in [5.74, 6) is 0. The van der Waals surface area contributed by atoms with Gasteiger partial charge in [0.15, 0.2) is 0 Å². The lowest BCUT2D eigenvalue weighted by atomic mass is 9.94. The maximum atomic E-state index is 13.3. The predicted molar refractivity (Wildman–Crippen MR) is 84.3 cm³/mol. The number of benzene rings is 3. The Bertz CT molecular complexity index is 693. The number of halogens is 1. The molecule has 0 aromatic heterocycles. The van der Waals surface area contributed by atoms with Crippen LogP contribution < -0.4 is 0 Å². The summed E-state index contributed by atoms with van der Waals surface area (Å²) in [4.78, 5) is 0.651. The van der Waals surface area contributed by atoms with Gasteiger partial charge in [0.2, 0.25) is 0 Å². The Kier molecular flexibility index (Phi) is 3.84. The van der Waals surface area contributed by atoms with Crippen molar-refractivity contribution in [3.05, 3.63) is 78.9 Å². The van der Waals surface area contributed by atoms with Crippen molar-refractivity contribution >= 4 is 12.1 Å². The van der Waals surface area contributed by atoms with E-state index in [0.717, 1.165) is 22.3 Å². The second-order valence-electron chi connectivity index (χ2n) is 4.49. The molecular formula is C18H13FS.